The first kappa shape index (κ1) is 12.4. The van der Waals surface area contributed by atoms with Crippen molar-refractivity contribution >= 4 is 23.2 Å². The highest BCUT2D eigenvalue weighted by molar-refractivity contribution is 6.33. The maximum atomic E-state index is 6.05. The maximum Gasteiger partial charge on any atom is 0.0958 e. The molecular formula is C12H13Cl2N. The Hall–Kier alpha value is -0.680. The second-order valence-corrected chi connectivity index (χ2v) is 4.06. The van der Waals surface area contributed by atoms with Crippen molar-refractivity contribution in [3.63, 3.8) is 0 Å². The summed E-state index contributed by atoms with van der Waals surface area (Å²) in [5.41, 5.74) is 0.861. The summed E-state index contributed by atoms with van der Waals surface area (Å²) in [4.78, 5) is 0. The van der Waals surface area contributed by atoms with Crippen LogP contribution in [0.5, 0.6) is 0 Å². The molecule has 0 aliphatic rings. The molecule has 0 saturated carbocycles. The number of hydrogen-bond donors (Lipinski definition) is 1. The van der Waals surface area contributed by atoms with Crippen molar-refractivity contribution in [3.8, 4) is 12.3 Å². The van der Waals surface area contributed by atoms with E-state index >= 15 is 0 Å². The largest absolute Gasteiger partial charge is 0.300 e. The highest BCUT2D eigenvalue weighted by Gasteiger charge is 2.11. The molecule has 1 N–H and O–H groups in total. The third-order valence-corrected chi connectivity index (χ3v) is 2.61. The van der Waals surface area contributed by atoms with Gasteiger partial charge in [-0.25, -0.2) is 0 Å². The number of benzene rings is 1. The van der Waals surface area contributed by atoms with E-state index in [-0.39, 0.29) is 6.04 Å². The van der Waals surface area contributed by atoms with Crippen LogP contribution in [0.3, 0.4) is 0 Å². The number of halogens is 2. The predicted octanol–water partition coefficient (Wildman–Crippen LogP) is 3.67. The van der Waals surface area contributed by atoms with Crippen LogP contribution in [0.15, 0.2) is 18.2 Å². The molecule has 0 amide bonds. The van der Waals surface area contributed by atoms with Gasteiger partial charge >= 0.3 is 0 Å². The van der Waals surface area contributed by atoms with Gasteiger partial charge < -0.3 is 0 Å². The smallest absolute Gasteiger partial charge is 0.0958 e. The van der Waals surface area contributed by atoms with Crippen LogP contribution >= 0.6 is 23.2 Å². The Labute approximate surface area is 101 Å². The molecule has 0 radical (unpaired) electrons. The number of hydrogen-bond acceptors (Lipinski definition) is 1. The van der Waals surface area contributed by atoms with E-state index in [0.29, 0.717) is 10.0 Å². The average molecular weight is 242 g/mol. The highest BCUT2D eigenvalue weighted by atomic mass is 35.5. The quantitative estimate of drug-likeness (QED) is 0.794. The molecule has 1 nitrogen and oxygen atoms in total. The lowest BCUT2D eigenvalue weighted by molar-refractivity contribution is 0.626. The lowest BCUT2D eigenvalue weighted by Gasteiger charge is -2.14. The molecule has 1 rings (SSSR count). The van der Waals surface area contributed by atoms with Gasteiger partial charge in [-0.05, 0) is 31.2 Å². The van der Waals surface area contributed by atoms with Gasteiger partial charge in [0.05, 0.1) is 6.04 Å². The SMILES string of the molecule is C#CC(NCCC)c1cc(Cl)ccc1Cl. The molecule has 0 aliphatic carbocycles. The van der Waals surface area contributed by atoms with Crippen molar-refractivity contribution in [2.45, 2.75) is 19.4 Å². The molecule has 0 saturated heterocycles. The summed E-state index contributed by atoms with van der Waals surface area (Å²) in [6.07, 6.45) is 6.47. The zero-order valence-corrected chi connectivity index (χ0v) is 10.1. The lowest BCUT2D eigenvalue weighted by atomic mass is 10.1. The van der Waals surface area contributed by atoms with Gasteiger partial charge in [0, 0.05) is 15.6 Å². The zero-order chi connectivity index (χ0) is 11.3. The van der Waals surface area contributed by atoms with Gasteiger partial charge in [0.1, 0.15) is 0 Å². The van der Waals surface area contributed by atoms with Crippen molar-refractivity contribution in [2.75, 3.05) is 6.54 Å². The summed E-state index contributed by atoms with van der Waals surface area (Å²) in [7, 11) is 0. The molecule has 0 spiro atoms. The first-order chi connectivity index (χ1) is 7.19. The molecule has 0 heterocycles. The molecule has 1 atom stereocenters. The molecule has 0 bridgehead atoms. The van der Waals surface area contributed by atoms with E-state index in [1.807, 2.05) is 0 Å². The van der Waals surface area contributed by atoms with Crippen molar-refractivity contribution < 1.29 is 0 Å². The van der Waals surface area contributed by atoms with Gasteiger partial charge in [-0.2, -0.15) is 0 Å². The minimum atomic E-state index is -0.170. The Morgan fingerprint density at radius 1 is 1.47 bits per heavy atom. The van der Waals surface area contributed by atoms with Crippen molar-refractivity contribution in [2.24, 2.45) is 0 Å². The molecule has 0 fully saturated rings. The van der Waals surface area contributed by atoms with E-state index in [1.54, 1.807) is 18.2 Å². The van der Waals surface area contributed by atoms with Crippen molar-refractivity contribution in [3.05, 3.63) is 33.8 Å². The summed E-state index contributed by atoms with van der Waals surface area (Å²) >= 11 is 12.0. The van der Waals surface area contributed by atoms with E-state index < -0.39 is 0 Å². The highest BCUT2D eigenvalue weighted by Crippen LogP contribution is 2.25. The topological polar surface area (TPSA) is 12.0 Å². The summed E-state index contributed by atoms with van der Waals surface area (Å²) in [5, 5.41) is 4.51. The molecule has 15 heavy (non-hydrogen) atoms. The van der Waals surface area contributed by atoms with Gasteiger partial charge in [-0.1, -0.05) is 36.0 Å². The monoisotopic (exact) mass is 241 g/mol. The van der Waals surface area contributed by atoms with Crippen molar-refractivity contribution in [1.29, 1.82) is 0 Å². The van der Waals surface area contributed by atoms with Gasteiger partial charge in [-0.3, -0.25) is 5.32 Å². The Bertz CT molecular complexity index is 368. The molecule has 0 aliphatic heterocycles. The normalized spacial score (nSPS) is 12.1. The Morgan fingerprint density at radius 2 is 2.20 bits per heavy atom. The molecule has 1 aromatic rings. The second kappa shape index (κ2) is 6.02. The first-order valence-corrected chi connectivity index (χ1v) is 5.59. The summed E-state index contributed by atoms with van der Waals surface area (Å²) in [6, 6.07) is 5.14. The minimum Gasteiger partial charge on any atom is -0.300 e. The number of nitrogens with one attached hydrogen (secondary N) is 1. The van der Waals surface area contributed by atoms with E-state index in [9.17, 15) is 0 Å². The van der Waals surface area contributed by atoms with Gasteiger partial charge in [0.15, 0.2) is 0 Å². The third kappa shape index (κ3) is 3.43. The van der Waals surface area contributed by atoms with E-state index in [1.165, 1.54) is 0 Å². The van der Waals surface area contributed by atoms with Crippen LogP contribution in [0.2, 0.25) is 10.0 Å². The molecule has 0 aromatic heterocycles. The Morgan fingerprint density at radius 3 is 2.80 bits per heavy atom. The fourth-order valence-electron chi connectivity index (χ4n) is 1.28. The Balaban J connectivity index is 2.91. The number of rotatable bonds is 4. The van der Waals surface area contributed by atoms with Gasteiger partial charge in [-0.15, -0.1) is 6.42 Å². The van der Waals surface area contributed by atoms with Crippen LogP contribution in [0.4, 0.5) is 0 Å². The molecule has 1 unspecified atom stereocenters. The molecule has 3 heteroatoms. The maximum absolute atomic E-state index is 6.05. The molecule has 80 valence electrons. The van der Waals surface area contributed by atoms with Crippen molar-refractivity contribution in [1.82, 2.24) is 5.32 Å². The molecule has 1 aromatic carbocycles. The first-order valence-electron chi connectivity index (χ1n) is 4.83. The summed E-state index contributed by atoms with van der Waals surface area (Å²) < 4.78 is 0. The fraction of sp³-hybridized carbons (Fsp3) is 0.333. The minimum absolute atomic E-state index is 0.170. The standard InChI is InChI=1S/C12H13Cl2N/c1-3-7-15-12(4-2)10-8-9(13)5-6-11(10)14/h2,5-6,8,12,15H,3,7H2,1H3. The van der Waals surface area contributed by atoms with Gasteiger partial charge in [0.2, 0.25) is 0 Å². The zero-order valence-electron chi connectivity index (χ0n) is 8.56. The van der Waals surface area contributed by atoms with Crippen LogP contribution in [0, 0.1) is 12.3 Å². The van der Waals surface area contributed by atoms with Crippen LogP contribution < -0.4 is 5.32 Å². The molecular weight excluding hydrogens is 229 g/mol. The van der Waals surface area contributed by atoms with E-state index in [4.69, 9.17) is 29.6 Å². The fourth-order valence-corrected chi connectivity index (χ4v) is 1.69. The second-order valence-electron chi connectivity index (χ2n) is 3.22. The predicted molar refractivity (Wildman–Crippen MR) is 66.3 cm³/mol. The van der Waals surface area contributed by atoms with Gasteiger partial charge in [0.25, 0.3) is 0 Å². The number of terminal acetylenes is 1. The van der Waals surface area contributed by atoms with E-state index in [0.717, 1.165) is 18.5 Å². The van der Waals surface area contributed by atoms with Crippen LogP contribution in [0.25, 0.3) is 0 Å². The summed E-state index contributed by atoms with van der Waals surface area (Å²) in [6.45, 7) is 2.94. The van der Waals surface area contributed by atoms with Crippen LogP contribution in [-0.4, -0.2) is 6.54 Å². The van der Waals surface area contributed by atoms with Crippen LogP contribution in [0.1, 0.15) is 24.9 Å². The summed E-state index contributed by atoms with van der Waals surface area (Å²) in [5.74, 6) is 2.67. The average Bonchev–Trinajstić information content (AvgIpc) is 2.24. The lowest BCUT2D eigenvalue weighted by Crippen LogP contribution is -2.20. The third-order valence-electron chi connectivity index (χ3n) is 2.03. The van der Waals surface area contributed by atoms with Crippen LogP contribution in [-0.2, 0) is 0 Å². The van der Waals surface area contributed by atoms with E-state index in [2.05, 4.69) is 18.2 Å². The Kier molecular flexibility index (Phi) is 4.98.